The highest BCUT2D eigenvalue weighted by molar-refractivity contribution is 5.95. The molecule has 0 heterocycles. The van der Waals surface area contributed by atoms with Crippen LogP contribution in [0, 0.1) is 6.92 Å². The molecular formula is C28H41NO3. The van der Waals surface area contributed by atoms with Gasteiger partial charge in [-0.05, 0) is 90.0 Å². The van der Waals surface area contributed by atoms with E-state index >= 15 is 0 Å². The van der Waals surface area contributed by atoms with E-state index in [9.17, 15) is 4.79 Å². The molecule has 0 radical (unpaired) electrons. The Bertz CT molecular complexity index is 886. The standard InChI is InChI=1S/C28H41NO3/c1-8-27(4,5)31-23-18-17-22(25(20-23)32-28(6,7)9-2)15-12-13-19-29-26(30)24-16-11-10-14-21(24)3/h10-11,14,16-18,20H,8-9,12-13,15,19H2,1-7H3,(H,29,30). The third-order valence-electron chi connectivity index (χ3n) is 6.07. The van der Waals surface area contributed by atoms with E-state index in [1.165, 1.54) is 5.56 Å². The molecule has 0 aromatic heterocycles. The van der Waals surface area contributed by atoms with Crippen LogP contribution >= 0.6 is 0 Å². The van der Waals surface area contributed by atoms with Crippen LogP contribution in [0.1, 0.15) is 88.7 Å². The molecule has 0 spiro atoms. The molecule has 0 saturated carbocycles. The second-order valence-electron chi connectivity index (χ2n) is 9.73. The van der Waals surface area contributed by atoms with Gasteiger partial charge in [-0.15, -0.1) is 0 Å². The van der Waals surface area contributed by atoms with Crippen molar-refractivity contribution in [2.75, 3.05) is 6.54 Å². The van der Waals surface area contributed by atoms with Crippen LogP contribution in [0.4, 0.5) is 0 Å². The van der Waals surface area contributed by atoms with Crippen LogP contribution in [0.5, 0.6) is 11.5 Å². The Labute approximate surface area is 194 Å². The molecule has 0 unspecified atom stereocenters. The molecule has 2 aromatic rings. The first-order valence-electron chi connectivity index (χ1n) is 11.9. The maximum Gasteiger partial charge on any atom is 0.251 e. The minimum absolute atomic E-state index is 0.00291. The maximum absolute atomic E-state index is 12.4. The highest BCUT2D eigenvalue weighted by Gasteiger charge is 2.21. The lowest BCUT2D eigenvalue weighted by Crippen LogP contribution is -2.28. The number of aryl methyl sites for hydroxylation is 2. The van der Waals surface area contributed by atoms with E-state index in [1.54, 1.807) is 0 Å². The molecule has 0 bridgehead atoms. The van der Waals surface area contributed by atoms with Crippen LogP contribution in [0.2, 0.25) is 0 Å². The van der Waals surface area contributed by atoms with Crippen molar-refractivity contribution in [2.45, 2.75) is 91.8 Å². The fraction of sp³-hybridized carbons (Fsp3) is 0.536. The third-order valence-corrected chi connectivity index (χ3v) is 6.07. The van der Waals surface area contributed by atoms with Gasteiger partial charge in [-0.1, -0.05) is 38.1 Å². The largest absolute Gasteiger partial charge is 0.488 e. The molecule has 2 aromatic carbocycles. The van der Waals surface area contributed by atoms with E-state index < -0.39 is 0 Å². The summed E-state index contributed by atoms with van der Waals surface area (Å²) in [5.74, 6) is 1.73. The summed E-state index contributed by atoms with van der Waals surface area (Å²) in [6, 6.07) is 13.9. The monoisotopic (exact) mass is 439 g/mol. The van der Waals surface area contributed by atoms with Gasteiger partial charge in [0, 0.05) is 18.2 Å². The summed E-state index contributed by atoms with van der Waals surface area (Å²) < 4.78 is 12.6. The van der Waals surface area contributed by atoms with Gasteiger partial charge in [0.15, 0.2) is 0 Å². The Hall–Kier alpha value is -2.49. The van der Waals surface area contributed by atoms with Crippen molar-refractivity contribution in [3.63, 3.8) is 0 Å². The molecule has 4 nitrogen and oxygen atoms in total. The quantitative estimate of drug-likeness (QED) is 0.367. The highest BCUT2D eigenvalue weighted by atomic mass is 16.5. The van der Waals surface area contributed by atoms with Gasteiger partial charge >= 0.3 is 0 Å². The number of carbonyl (C=O) groups excluding carboxylic acids is 1. The van der Waals surface area contributed by atoms with E-state index in [-0.39, 0.29) is 17.1 Å². The second kappa shape index (κ2) is 11.4. The van der Waals surface area contributed by atoms with Crippen LogP contribution in [-0.4, -0.2) is 23.7 Å². The van der Waals surface area contributed by atoms with Crippen molar-refractivity contribution in [1.29, 1.82) is 0 Å². The number of ether oxygens (including phenoxy) is 2. The molecule has 176 valence electrons. The fourth-order valence-corrected chi connectivity index (χ4v) is 3.23. The Morgan fingerprint density at radius 1 is 0.906 bits per heavy atom. The number of carbonyl (C=O) groups is 1. The SMILES string of the molecule is CCC(C)(C)Oc1ccc(CCCCNC(=O)c2ccccc2C)c(OC(C)(C)CC)c1. The van der Waals surface area contributed by atoms with Gasteiger partial charge in [-0.25, -0.2) is 0 Å². The fourth-order valence-electron chi connectivity index (χ4n) is 3.23. The molecule has 1 N–H and O–H groups in total. The van der Waals surface area contributed by atoms with Gasteiger partial charge in [0.1, 0.15) is 22.7 Å². The summed E-state index contributed by atoms with van der Waals surface area (Å²) in [6.45, 7) is 15.3. The highest BCUT2D eigenvalue weighted by Crippen LogP contribution is 2.32. The Morgan fingerprint density at radius 3 is 2.22 bits per heavy atom. The van der Waals surface area contributed by atoms with Crippen molar-refractivity contribution in [3.8, 4) is 11.5 Å². The predicted octanol–water partition coefficient (Wildman–Crippen LogP) is 6.88. The van der Waals surface area contributed by atoms with Crippen molar-refractivity contribution >= 4 is 5.91 Å². The van der Waals surface area contributed by atoms with E-state index in [0.29, 0.717) is 6.54 Å². The first-order chi connectivity index (χ1) is 15.1. The topological polar surface area (TPSA) is 47.6 Å². The molecule has 4 heteroatoms. The van der Waals surface area contributed by atoms with Crippen LogP contribution < -0.4 is 14.8 Å². The van der Waals surface area contributed by atoms with E-state index in [4.69, 9.17) is 9.47 Å². The number of amides is 1. The Balaban J connectivity index is 1.98. The lowest BCUT2D eigenvalue weighted by molar-refractivity contribution is 0.0941. The second-order valence-corrected chi connectivity index (χ2v) is 9.73. The summed E-state index contributed by atoms with van der Waals surface area (Å²) in [4.78, 5) is 12.4. The van der Waals surface area contributed by atoms with E-state index in [1.807, 2.05) is 43.3 Å². The number of unbranched alkanes of at least 4 members (excludes halogenated alkanes) is 1. The van der Waals surface area contributed by atoms with Crippen LogP contribution in [-0.2, 0) is 6.42 Å². The zero-order valence-corrected chi connectivity index (χ0v) is 21.0. The zero-order chi connectivity index (χ0) is 23.8. The molecule has 2 rings (SSSR count). The normalized spacial score (nSPS) is 11.8. The van der Waals surface area contributed by atoms with Gasteiger partial charge in [0.2, 0.25) is 0 Å². The first kappa shape index (κ1) is 25.8. The number of nitrogens with one attached hydrogen (secondary N) is 1. The lowest BCUT2D eigenvalue weighted by atomic mass is 10.0. The first-order valence-corrected chi connectivity index (χ1v) is 11.9. The van der Waals surface area contributed by atoms with Crippen molar-refractivity contribution in [2.24, 2.45) is 0 Å². The Morgan fingerprint density at radius 2 is 1.56 bits per heavy atom. The predicted molar refractivity (Wildman–Crippen MR) is 133 cm³/mol. The zero-order valence-electron chi connectivity index (χ0n) is 21.0. The minimum Gasteiger partial charge on any atom is -0.488 e. The van der Waals surface area contributed by atoms with Gasteiger partial charge in [-0.3, -0.25) is 4.79 Å². The molecular weight excluding hydrogens is 398 g/mol. The lowest BCUT2D eigenvalue weighted by Gasteiger charge is -2.29. The number of rotatable bonds is 12. The van der Waals surface area contributed by atoms with E-state index in [2.05, 4.69) is 52.9 Å². The van der Waals surface area contributed by atoms with E-state index in [0.717, 1.165) is 54.7 Å². The molecule has 0 fully saturated rings. The third kappa shape index (κ3) is 7.89. The van der Waals surface area contributed by atoms with Crippen LogP contribution in [0.3, 0.4) is 0 Å². The van der Waals surface area contributed by atoms with Gasteiger partial charge < -0.3 is 14.8 Å². The van der Waals surface area contributed by atoms with Crippen molar-refractivity contribution in [1.82, 2.24) is 5.32 Å². The molecule has 0 atom stereocenters. The molecule has 0 aliphatic rings. The summed E-state index contributed by atoms with van der Waals surface area (Å²) >= 11 is 0. The summed E-state index contributed by atoms with van der Waals surface area (Å²) in [6.07, 6.45) is 4.63. The van der Waals surface area contributed by atoms with Crippen molar-refractivity contribution in [3.05, 3.63) is 59.2 Å². The number of hydrogen-bond donors (Lipinski definition) is 1. The smallest absolute Gasteiger partial charge is 0.251 e. The summed E-state index contributed by atoms with van der Waals surface area (Å²) in [5.41, 5.74) is 2.47. The minimum atomic E-state index is -0.241. The van der Waals surface area contributed by atoms with Crippen LogP contribution in [0.15, 0.2) is 42.5 Å². The van der Waals surface area contributed by atoms with Crippen molar-refractivity contribution < 1.29 is 14.3 Å². The van der Waals surface area contributed by atoms with Crippen LogP contribution in [0.25, 0.3) is 0 Å². The molecule has 0 aliphatic heterocycles. The molecule has 1 amide bonds. The Kier molecular flexibility index (Phi) is 9.18. The van der Waals surface area contributed by atoms with Gasteiger partial charge in [-0.2, -0.15) is 0 Å². The number of hydrogen-bond acceptors (Lipinski definition) is 3. The average Bonchev–Trinajstić information content (AvgIpc) is 2.74. The number of benzene rings is 2. The molecule has 0 aliphatic carbocycles. The van der Waals surface area contributed by atoms with Gasteiger partial charge in [0.25, 0.3) is 5.91 Å². The summed E-state index contributed by atoms with van der Waals surface area (Å²) in [5, 5.41) is 3.04. The molecule has 0 saturated heterocycles. The molecule has 32 heavy (non-hydrogen) atoms. The summed E-state index contributed by atoms with van der Waals surface area (Å²) in [7, 11) is 0. The average molecular weight is 440 g/mol. The van der Waals surface area contributed by atoms with Gasteiger partial charge in [0.05, 0.1) is 0 Å². The maximum atomic E-state index is 12.4.